The predicted molar refractivity (Wildman–Crippen MR) is 83.6 cm³/mol. The first-order valence-corrected chi connectivity index (χ1v) is 7.46. The standard InChI is InChI=1S/C16H21ClN2O2/c1-11(2)8-18-9-13-4-5-16(15(17)7-13)20-10-14-6-12(3)19-21-14/h4-7,11,18H,8-10H2,1-3H3. The van der Waals surface area contributed by atoms with E-state index in [-0.39, 0.29) is 0 Å². The highest BCUT2D eigenvalue weighted by Gasteiger charge is 2.06. The van der Waals surface area contributed by atoms with Crippen LogP contribution < -0.4 is 10.1 Å². The molecule has 5 heteroatoms. The molecule has 4 nitrogen and oxygen atoms in total. The summed E-state index contributed by atoms with van der Waals surface area (Å²) < 4.78 is 10.7. The van der Waals surface area contributed by atoms with Crippen molar-refractivity contribution in [3.8, 4) is 5.75 Å². The van der Waals surface area contributed by atoms with Crippen LogP contribution >= 0.6 is 11.6 Å². The van der Waals surface area contributed by atoms with Gasteiger partial charge in [-0.1, -0.05) is 36.7 Å². The molecule has 0 unspecified atom stereocenters. The van der Waals surface area contributed by atoms with Crippen LogP contribution in [0.4, 0.5) is 0 Å². The van der Waals surface area contributed by atoms with Gasteiger partial charge in [0.25, 0.3) is 0 Å². The van der Waals surface area contributed by atoms with Crippen molar-refractivity contribution in [3.05, 3.63) is 46.3 Å². The van der Waals surface area contributed by atoms with Crippen LogP contribution in [0.1, 0.15) is 30.9 Å². The van der Waals surface area contributed by atoms with E-state index in [4.69, 9.17) is 20.9 Å². The molecule has 0 radical (unpaired) electrons. The molecule has 1 heterocycles. The van der Waals surface area contributed by atoms with Crippen LogP contribution in [0.5, 0.6) is 5.75 Å². The minimum absolute atomic E-state index is 0.325. The molecule has 21 heavy (non-hydrogen) atoms. The number of rotatable bonds is 7. The number of benzene rings is 1. The number of ether oxygens (including phenoxy) is 1. The topological polar surface area (TPSA) is 47.3 Å². The molecule has 0 saturated carbocycles. The molecule has 0 aliphatic heterocycles. The lowest BCUT2D eigenvalue weighted by Gasteiger charge is -2.10. The van der Waals surface area contributed by atoms with Crippen molar-refractivity contribution >= 4 is 11.6 Å². The lowest BCUT2D eigenvalue weighted by molar-refractivity contribution is 0.249. The van der Waals surface area contributed by atoms with Crippen LogP contribution in [0, 0.1) is 12.8 Å². The van der Waals surface area contributed by atoms with Gasteiger partial charge in [-0.2, -0.15) is 0 Å². The van der Waals surface area contributed by atoms with Crippen molar-refractivity contribution in [1.82, 2.24) is 10.5 Å². The van der Waals surface area contributed by atoms with Crippen LogP contribution in [0.25, 0.3) is 0 Å². The zero-order valence-electron chi connectivity index (χ0n) is 12.6. The van der Waals surface area contributed by atoms with E-state index in [1.807, 2.05) is 31.2 Å². The van der Waals surface area contributed by atoms with Gasteiger partial charge in [-0.15, -0.1) is 0 Å². The Bertz CT molecular complexity index is 581. The first-order chi connectivity index (χ1) is 10.0. The summed E-state index contributed by atoms with van der Waals surface area (Å²) in [6, 6.07) is 7.67. The summed E-state index contributed by atoms with van der Waals surface area (Å²) in [4.78, 5) is 0. The molecule has 0 atom stereocenters. The average Bonchev–Trinajstić information content (AvgIpc) is 2.83. The van der Waals surface area contributed by atoms with Gasteiger partial charge in [-0.25, -0.2) is 0 Å². The molecule has 114 valence electrons. The van der Waals surface area contributed by atoms with Gasteiger partial charge in [0.2, 0.25) is 0 Å². The minimum Gasteiger partial charge on any atom is -0.484 e. The summed E-state index contributed by atoms with van der Waals surface area (Å²) in [5.41, 5.74) is 1.98. The molecule has 0 aliphatic carbocycles. The number of nitrogens with zero attached hydrogens (tertiary/aromatic N) is 1. The van der Waals surface area contributed by atoms with Crippen LogP contribution in [-0.2, 0) is 13.2 Å². The average molecular weight is 309 g/mol. The molecule has 0 fully saturated rings. The van der Waals surface area contributed by atoms with Gasteiger partial charge in [0, 0.05) is 12.6 Å². The Morgan fingerprint density at radius 1 is 1.33 bits per heavy atom. The minimum atomic E-state index is 0.325. The van der Waals surface area contributed by atoms with Crippen LogP contribution in [-0.4, -0.2) is 11.7 Å². The van der Waals surface area contributed by atoms with E-state index in [1.165, 1.54) is 0 Å². The Morgan fingerprint density at radius 2 is 2.14 bits per heavy atom. The maximum Gasteiger partial charge on any atom is 0.174 e. The van der Waals surface area contributed by atoms with Gasteiger partial charge < -0.3 is 14.6 Å². The monoisotopic (exact) mass is 308 g/mol. The first kappa shape index (κ1) is 15.9. The quantitative estimate of drug-likeness (QED) is 0.841. The van der Waals surface area contributed by atoms with Gasteiger partial charge >= 0.3 is 0 Å². The Morgan fingerprint density at radius 3 is 2.76 bits per heavy atom. The lowest BCUT2D eigenvalue weighted by Crippen LogP contribution is -2.18. The molecule has 0 saturated heterocycles. The molecule has 0 amide bonds. The fourth-order valence-electron chi connectivity index (χ4n) is 1.91. The van der Waals surface area contributed by atoms with Crippen molar-refractivity contribution in [1.29, 1.82) is 0 Å². The number of halogens is 1. The number of nitrogens with one attached hydrogen (secondary N) is 1. The summed E-state index contributed by atoms with van der Waals surface area (Å²) in [7, 11) is 0. The molecular weight excluding hydrogens is 288 g/mol. The molecule has 1 aromatic heterocycles. The number of hydrogen-bond acceptors (Lipinski definition) is 4. The molecule has 2 rings (SSSR count). The third-order valence-corrected chi connectivity index (χ3v) is 3.22. The van der Waals surface area contributed by atoms with Gasteiger partial charge in [-0.3, -0.25) is 0 Å². The maximum atomic E-state index is 6.24. The summed E-state index contributed by atoms with van der Waals surface area (Å²) in [5, 5.41) is 7.81. The van der Waals surface area contributed by atoms with Crippen LogP contribution in [0.3, 0.4) is 0 Å². The fraction of sp³-hybridized carbons (Fsp3) is 0.438. The molecule has 0 bridgehead atoms. The molecule has 1 N–H and O–H groups in total. The SMILES string of the molecule is Cc1cc(COc2ccc(CNCC(C)C)cc2Cl)on1. The van der Waals surface area contributed by atoms with E-state index >= 15 is 0 Å². The van der Waals surface area contributed by atoms with Gasteiger partial charge in [0.1, 0.15) is 12.4 Å². The van der Waals surface area contributed by atoms with Crippen LogP contribution in [0.2, 0.25) is 5.02 Å². The van der Waals surface area contributed by atoms with E-state index in [0.717, 1.165) is 24.3 Å². The summed E-state index contributed by atoms with van der Waals surface area (Å²) >= 11 is 6.24. The predicted octanol–water partition coefficient (Wildman–Crippen LogP) is 3.96. The third-order valence-electron chi connectivity index (χ3n) is 2.92. The van der Waals surface area contributed by atoms with Crippen molar-refractivity contribution in [3.63, 3.8) is 0 Å². The Labute approximate surface area is 130 Å². The third kappa shape index (κ3) is 5.06. The highest BCUT2D eigenvalue weighted by molar-refractivity contribution is 6.32. The number of hydrogen-bond donors (Lipinski definition) is 1. The van der Waals surface area contributed by atoms with E-state index in [9.17, 15) is 0 Å². The van der Waals surface area contributed by atoms with Crippen molar-refractivity contribution in [2.45, 2.75) is 33.9 Å². The second-order valence-electron chi connectivity index (χ2n) is 5.51. The molecule has 2 aromatic rings. The second-order valence-corrected chi connectivity index (χ2v) is 5.92. The van der Waals surface area contributed by atoms with E-state index in [2.05, 4.69) is 24.3 Å². The fourth-order valence-corrected chi connectivity index (χ4v) is 2.17. The Kier molecular flexibility index (Phi) is 5.65. The summed E-state index contributed by atoms with van der Waals surface area (Å²) in [5.74, 6) is 1.97. The van der Waals surface area contributed by atoms with Gasteiger partial charge in [0.15, 0.2) is 5.76 Å². The van der Waals surface area contributed by atoms with Crippen molar-refractivity contribution in [2.24, 2.45) is 5.92 Å². The molecular formula is C16H21ClN2O2. The largest absolute Gasteiger partial charge is 0.484 e. The molecule has 1 aromatic carbocycles. The summed E-state index contributed by atoms with van der Waals surface area (Å²) in [6.45, 7) is 8.36. The van der Waals surface area contributed by atoms with Gasteiger partial charge in [-0.05, 0) is 37.1 Å². The van der Waals surface area contributed by atoms with E-state index < -0.39 is 0 Å². The number of aryl methyl sites for hydroxylation is 1. The highest BCUT2D eigenvalue weighted by Crippen LogP contribution is 2.26. The van der Waals surface area contributed by atoms with E-state index in [0.29, 0.717) is 29.1 Å². The van der Waals surface area contributed by atoms with E-state index in [1.54, 1.807) is 0 Å². The summed E-state index contributed by atoms with van der Waals surface area (Å²) in [6.07, 6.45) is 0. The normalized spacial score (nSPS) is 11.1. The Balaban J connectivity index is 1.89. The van der Waals surface area contributed by atoms with Crippen LogP contribution in [0.15, 0.2) is 28.8 Å². The zero-order chi connectivity index (χ0) is 15.2. The van der Waals surface area contributed by atoms with Crippen molar-refractivity contribution in [2.75, 3.05) is 6.54 Å². The zero-order valence-corrected chi connectivity index (χ0v) is 13.4. The molecule has 0 spiro atoms. The number of aromatic nitrogens is 1. The van der Waals surface area contributed by atoms with Crippen molar-refractivity contribution < 1.29 is 9.26 Å². The smallest absolute Gasteiger partial charge is 0.174 e. The highest BCUT2D eigenvalue weighted by atomic mass is 35.5. The van der Waals surface area contributed by atoms with Gasteiger partial charge in [0.05, 0.1) is 10.7 Å². The first-order valence-electron chi connectivity index (χ1n) is 7.08. The molecule has 0 aliphatic rings. The lowest BCUT2D eigenvalue weighted by atomic mass is 10.2. The second kappa shape index (κ2) is 7.48. The maximum absolute atomic E-state index is 6.24. The Hall–Kier alpha value is -1.52.